The van der Waals surface area contributed by atoms with E-state index in [-0.39, 0.29) is 6.04 Å². The largest absolute Gasteiger partial charge is 0.306 e. The van der Waals surface area contributed by atoms with Gasteiger partial charge in [-0.1, -0.05) is 47.8 Å². The van der Waals surface area contributed by atoms with Crippen LogP contribution in [0, 0.1) is 3.57 Å². The maximum Gasteiger partial charge on any atom is 0.0592 e. The first-order valence-electron chi connectivity index (χ1n) is 6.66. The Labute approximate surface area is 154 Å². The van der Waals surface area contributed by atoms with Gasteiger partial charge in [-0.05, 0) is 77.0 Å². The molecule has 1 unspecified atom stereocenters. The third kappa shape index (κ3) is 4.49. The van der Waals surface area contributed by atoms with Crippen molar-refractivity contribution in [1.82, 2.24) is 5.32 Å². The van der Waals surface area contributed by atoms with Crippen LogP contribution in [-0.4, -0.2) is 6.54 Å². The number of benzene rings is 2. The van der Waals surface area contributed by atoms with E-state index >= 15 is 0 Å². The van der Waals surface area contributed by atoms with Gasteiger partial charge in [-0.15, -0.1) is 0 Å². The zero-order valence-electron chi connectivity index (χ0n) is 11.5. The summed E-state index contributed by atoms with van der Waals surface area (Å²) in [6.45, 7) is 3.02. The maximum atomic E-state index is 6.36. The van der Waals surface area contributed by atoms with Crippen LogP contribution in [0.4, 0.5) is 0 Å². The van der Waals surface area contributed by atoms with Crippen LogP contribution in [0.15, 0.2) is 36.4 Å². The van der Waals surface area contributed by atoms with Crippen molar-refractivity contribution in [2.24, 2.45) is 0 Å². The SMILES string of the molecule is CCCNC(c1ccc(I)c(Cl)c1)c1cc(Cl)ccc1Cl. The fraction of sp³-hybridized carbons (Fsp3) is 0.250. The van der Waals surface area contributed by atoms with Gasteiger partial charge in [0.1, 0.15) is 0 Å². The average molecular weight is 455 g/mol. The third-order valence-electron chi connectivity index (χ3n) is 3.14. The number of nitrogens with one attached hydrogen (secondary N) is 1. The molecular weight excluding hydrogens is 439 g/mol. The summed E-state index contributed by atoms with van der Waals surface area (Å²) in [5.41, 5.74) is 2.05. The highest BCUT2D eigenvalue weighted by molar-refractivity contribution is 14.1. The van der Waals surface area contributed by atoms with Crippen molar-refractivity contribution in [3.05, 3.63) is 66.2 Å². The Kier molecular flexibility index (Phi) is 6.63. The summed E-state index contributed by atoms with van der Waals surface area (Å²) in [6, 6.07) is 11.6. The van der Waals surface area contributed by atoms with Crippen molar-refractivity contribution in [2.75, 3.05) is 6.54 Å². The van der Waals surface area contributed by atoms with E-state index in [4.69, 9.17) is 34.8 Å². The van der Waals surface area contributed by atoms with Gasteiger partial charge in [0, 0.05) is 13.6 Å². The van der Waals surface area contributed by atoms with Crippen molar-refractivity contribution in [3.8, 4) is 0 Å². The van der Waals surface area contributed by atoms with Gasteiger partial charge in [0.2, 0.25) is 0 Å². The van der Waals surface area contributed by atoms with Crippen molar-refractivity contribution in [2.45, 2.75) is 19.4 Å². The van der Waals surface area contributed by atoms with Gasteiger partial charge in [-0.3, -0.25) is 0 Å². The van der Waals surface area contributed by atoms with Crippen LogP contribution in [0.25, 0.3) is 0 Å². The Hall–Kier alpha value is -0.000000000000000167. The van der Waals surface area contributed by atoms with E-state index in [2.05, 4.69) is 40.9 Å². The van der Waals surface area contributed by atoms with Crippen LogP contribution in [0.1, 0.15) is 30.5 Å². The summed E-state index contributed by atoms with van der Waals surface area (Å²) in [5.74, 6) is 0. The van der Waals surface area contributed by atoms with E-state index in [0.717, 1.165) is 32.7 Å². The lowest BCUT2D eigenvalue weighted by Crippen LogP contribution is -2.23. The summed E-state index contributed by atoms with van der Waals surface area (Å²) < 4.78 is 1.03. The number of halogens is 4. The molecule has 0 aliphatic heterocycles. The van der Waals surface area contributed by atoms with Crippen LogP contribution < -0.4 is 5.32 Å². The molecular formula is C16H15Cl3IN. The molecule has 0 amide bonds. The minimum Gasteiger partial charge on any atom is -0.306 e. The van der Waals surface area contributed by atoms with Gasteiger partial charge in [0.15, 0.2) is 0 Å². The number of hydrogen-bond donors (Lipinski definition) is 1. The van der Waals surface area contributed by atoms with Gasteiger partial charge >= 0.3 is 0 Å². The average Bonchev–Trinajstić information content (AvgIpc) is 2.46. The van der Waals surface area contributed by atoms with Gasteiger partial charge < -0.3 is 5.32 Å². The van der Waals surface area contributed by atoms with Crippen LogP contribution in [0.2, 0.25) is 15.1 Å². The molecule has 0 saturated carbocycles. The molecule has 21 heavy (non-hydrogen) atoms. The number of rotatable bonds is 5. The maximum absolute atomic E-state index is 6.36. The van der Waals surface area contributed by atoms with Gasteiger partial charge in [0.25, 0.3) is 0 Å². The van der Waals surface area contributed by atoms with E-state index in [0.29, 0.717) is 10.0 Å². The molecule has 2 aromatic rings. The quantitative estimate of drug-likeness (QED) is 0.520. The molecule has 1 N–H and O–H groups in total. The molecule has 0 heterocycles. The predicted molar refractivity (Wildman–Crippen MR) is 101 cm³/mol. The molecule has 0 aromatic heterocycles. The van der Waals surface area contributed by atoms with Crippen molar-refractivity contribution in [1.29, 1.82) is 0 Å². The molecule has 0 spiro atoms. The van der Waals surface area contributed by atoms with Gasteiger partial charge in [-0.2, -0.15) is 0 Å². The fourth-order valence-corrected chi connectivity index (χ4v) is 3.06. The van der Waals surface area contributed by atoms with E-state index in [1.807, 2.05) is 24.3 Å². The molecule has 0 radical (unpaired) electrons. The van der Waals surface area contributed by atoms with Crippen LogP contribution in [0.3, 0.4) is 0 Å². The Morgan fingerprint density at radius 2 is 1.81 bits per heavy atom. The Morgan fingerprint density at radius 1 is 1.05 bits per heavy atom. The highest BCUT2D eigenvalue weighted by atomic mass is 127. The Balaban J connectivity index is 2.46. The zero-order chi connectivity index (χ0) is 15.4. The smallest absolute Gasteiger partial charge is 0.0592 e. The first-order chi connectivity index (χ1) is 10.0. The molecule has 112 valence electrons. The summed E-state index contributed by atoms with van der Waals surface area (Å²) in [7, 11) is 0. The second-order valence-electron chi connectivity index (χ2n) is 4.73. The summed E-state index contributed by atoms with van der Waals surface area (Å²) in [4.78, 5) is 0. The van der Waals surface area contributed by atoms with E-state index in [9.17, 15) is 0 Å². The molecule has 2 aromatic carbocycles. The lowest BCUT2D eigenvalue weighted by Gasteiger charge is -2.21. The minimum absolute atomic E-state index is 0.0225. The van der Waals surface area contributed by atoms with E-state index < -0.39 is 0 Å². The lowest BCUT2D eigenvalue weighted by atomic mass is 9.98. The highest BCUT2D eigenvalue weighted by Crippen LogP contribution is 2.32. The molecule has 1 atom stereocenters. The second kappa shape index (κ2) is 8.02. The first-order valence-corrected chi connectivity index (χ1v) is 8.87. The molecule has 0 bridgehead atoms. The van der Waals surface area contributed by atoms with E-state index in [1.54, 1.807) is 6.07 Å². The monoisotopic (exact) mass is 453 g/mol. The van der Waals surface area contributed by atoms with Crippen LogP contribution in [0.5, 0.6) is 0 Å². The molecule has 5 heteroatoms. The standard InChI is InChI=1S/C16H15Cl3IN/c1-2-7-21-16(10-3-6-15(20)14(19)8-10)12-9-11(17)4-5-13(12)18/h3-6,8-9,16,21H,2,7H2,1H3. The van der Waals surface area contributed by atoms with Gasteiger partial charge in [-0.25, -0.2) is 0 Å². The van der Waals surface area contributed by atoms with Gasteiger partial charge in [0.05, 0.1) is 11.1 Å². The minimum atomic E-state index is -0.0225. The molecule has 0 fully saturated rings. The molecule has 2 rings (SSSR count). The normalized spacial score (nSPS) is 12.4. The summed E-state index contributed by atoms with van der Waals surface area (Å²) >= 11 is 21.0. The first kappa shape index (κ1) is 17.4. The highest BCUT2D eigenvalue weighted by Gasteiger charge is 2.17. The second-order valence-corrected chi connectivity index (χ2v) is 7.14. The molecule has 0 aliphatic carbocycles. The molecule has 1 nitrogen and oxygen atoms in total. The molecule has 0 aliphatic rings. The summed E-state index contributed by atoms with van der Waals surface area (Å²) in [6.07, 6.45) is 1.03. The summed E-state index contributed by atoms with van der Waals surface area (Å²) in [5, 5.41) is 5.63. The van der Waals surface area contributed by atoms with Crippen LogP contribution in [-0.2, 0) is 0 Å². The van der Waals surface area contributed by atoms with Crippen molar-refractivity contribution >= 4 is 57.4 Å². The number of hydrogen-bond acceptors (Lipinski definition) is 1. The Bertz CT molecular complexity index is 631. The van der Waals surface area contributed by atoms with Crippen LogP contribution >= 0.6 is 57.4 Å². The zero-order valence-corrected chi connectivity index (χ0v) is 15.9. The van der Waals surface area contributed by atoms with Crippen molar-refractivity contribution in [3.63, 3.8) is 0 Å². The predicted octanol–water partition coefficient (Wildman–Crippen LogP) is 6.34. The fourth-order valence-electron chi connectivity index (χ4n) is 2.12. The van der Waals surface area contributed by atoms with E-state index in [1.165, 1.54) is 0 Å². The molecule has 0 saturated heterocycles. The topological polar surface area (TPSA) is 12.0 Å². The van der Waals surface area contributed by atoms with Crippen molar-refractivity contribution < 1.29 is 0 Å². The third-order valence-corrected chi connectivity index (χ3v) is 5.30. The lowest BCUT2D eigenvalue weighted by molar-refractivity contribution is 0.599. The Morgan fingerprint density at radius 3 is 2.48 bits per heavy atom.